The van der Waals surface area contributed by atoms with E-state index in [-0.39, 0.29) is 17.3 Å². The number of hydrogen-bond acceptors (Lipinski definition) is 7. The van der Waals surface area contributed by atoms with Crippen molar-refractivity contribution in [2.75, 3.05) is 19.5 Å². The number of aromatic hydroxyl groups is 1. The third-order valence-electron chi connectivity index (χ3n) is 4.82. The number of aliphatic carboxylic acids is 1. The average molecular weight is 457 g/mol. The summed E-state index contributed by atoms with van der Waals surface area (Å²) in [5.74, 6) is -1.04. The molecule has 9 nitrogen and oxygen atoms in total. The summed E-state index contributed by atoms with van der Waals surface area (Å²) in [4.78, 5) is 34.7. The molecular weight excluding hydrogens is 430 g/mol. The molecule has 0 unspecified atom stereocenters. The predicted molar refractivity (Wildman–Crippen MR) is 121 cm³/mol. The van der Waals surface area contributed by atoms with E-state index in [1.165, 1.54) is 39.4 Å². The number of ketones is 1. The lowest BCUT2D eigenvalue weighted by Crippen LogP contribution is -2.28. The van der Waals surface area contributed by atoms with Crippen LogP contribution in [0.25, 0.3) is 0 Å². The fraction of sp³-hybridized carbons (Fsp3) is 0.292. The van der Waals surface area contributed by atoms with Gasteiger partial charge in [0.1, 0.15) is 0 Å². The molecule has 33 heavy (non-hydrogen) atoms. The molecule has 1 amide bonds. The van der Waals surface area contributed by atoms with Gasteiger partial charge in [-0.25, -0.2) is 9.59 Å². The van der Waals surface area contributed by atoms with Crippen LogP contribution in [0.2, 0.25) is 0 Å². The third kappa shape index (κ3) is 7.65. The summed E-state index contributed by atoms with van der Waals surface area (Å²) in [6, 6.07) is 10.9. The van der Waals surface area contributed by atoms with Gasteiger partial charge in [0.05, 0.1) is 13.2 Å². The highest BCUT2D eigenvalue weighted by molar-refractivity contribution is 5.95. The van der Waals surface area contributed by atoms with E-state index in [0.717, 1.165) is 6.08 Å². The van der Waals surface area contributed by atoms with Crippen LogP contribution in [0.4, 0.5) is 10.5 Å². The largest absolute Gasteiger partial charge is 0.504 e. The Morgan fingerprint density at radius 2 is 1.79 bits per heavy atom. The van der Waals surface area contributed by atoms with Crippen LogP contribution in [-0.4, -0.2) is 48.4 Å². The molecule has 0 aliphatic rings. The van der Waals surface area contributed by atoms with Crippen molar-refractivity contribution in [3.8, 4) is 11.5 Å². The van der Waals surface area contributed by atoms with Gasteiger partial charge in [-0.3, -0.25) is 10.1 Å². The quantitative estimate of drug-likeness (QED) is 0.336. The first kappa shape index (κ1) is 25.4. The van der Waals surface area contributed by atoms with Crippen molar-refractivity contribution in [3.05, 3.63) is 65.7 Å². The van der Waals surface area contributed by atoms with Crippen LogP contribution in [0.15, 0.2) is 54.6 Å². The number of carboxylic acids is 1. The Hall–Kier alpha value is -3.85. The number of phenols is 1. The number of methoxy groups -OCH3 is 2. The Bertz CT molecular complexity index is 1000. The molecule has 0 saturated heterocycles. The maximum atomic E-state index is 12.6. The molecule has 0 radical (unpaired) electrons. The van der Waals surface area contributed by atoms with Gasteiger partial charge >= 0.3 is 12.1 Å². The number of phenolic OH excluding ortho intramolecular Hbond substituents is 1. The fourth-order valence-corrected chi connectivity index (χ4v) is 3.13. The second kappa shape index (κ2) is 12.3. The zero-order valence-corrected chi connectivity index (χ0v) is 18.6. The predicted octanol–water partition coefficient (Wildman–Crippen LogP) is 4.33. The van der Waals surface area contributed by atoms with E-state index >= 15 is 0 Å². The SMILES string of the molecule is COc1ccc([C@H](OC(=O)Nc2ccc(C(C)=O)cc2)[C@H](CC/C=C/C(=O)O)OC)cc1O. The molecule has 0 saturated carbocycles. The Labute approximate surface area is 191 Å². The first-order valence-electron chi connectivity index (χ1n) is 10.1. The van der Waals surface area contributed by atoms with Crippen molar-refractivity contribution in [1.82, 2.24) is 0 Å². The summed E-state index contributed by atoms with van der Waals surface area (Å²) in [5, 5.41) is 21.5. The van der Waals surface area contributed by atoms with Crippen molar-refractivity contribution in [3.63, 3.8) is 0 Å². The highest BCUT2D eigenvalue weighted by atomic mass is 16.6. The molecule has 0 spiro atoms. The molecule has 9 heteroatoms. The van der Waals surface area contributed by atoms with E-state index in [4.69, 9.17) is 19.3 Å². The van der Waals surface area contributed by atoms with Gasteiger partial charge in [-0.2, -0.15) is 0 Å². The average Bonchev–Trinajstić information content (AvgIpc) is 2.78. The standard InChI is InChI=1S/C24H27NO8/c1-15(26)16-8-11-18(12-9-16)25-24(30)33-23(17-10-13-20(31-2)19(27)14-17)21(32-3)6-4-5-7-22(28)29/h5,7-14,21,23,27H,4,6H2,1-3H3,(H,25,30)(H,28,29)/b7-5+/t21-,23-/m0/s1. The lowest BCUT2D eigenvalue weighted by Gasteiger charge is -2.26. The summed E-state index contributed by atoms with van der Waals surface area (Å²) < 4.78 is 16.2. The van der Waals surface area contributed by atoms with Gasteiger partial charge in [0.2, 0.25) is 0 Å². The Kier molecular flexibility index (Phi) is 9.44. The van der Waals surface area contributed by atoms with Crippen LogP contribution in [0.3, 0.4) is 0 Å². The highest BCUT2D eigenvalue weighted by Gasteiger charge is 2.28. The molecule has 3 N–H and O–H groups in total. The molecule has 2 aromatic rings. The number of amides is 1. The van der Waals surface area contributed by atoms with Crippen molar-refractivity contribution in [1.29, 1.82) is 0 Å². The van der Waals surface area contributed by atoms with Gasteiger partial charge < -0.3 is 24.4 Å². The third-order valence-corrected chi connectivity index (χ3v) is 4.82. The lowest BCUT2D eigenvalue weighted by molar-refractivity contribution is -0.131. The van der Waals surface area contributed by atoms with Gasteiger partial charge in [0.25, 0.3) is 0 Å². The second-order valence-corrected chi connectivity index (χ2v) is 7.11. The molecular formula is C24H27NO8. The number of carboxylic acid groups (broad SMARTS) is 1. The number of allylic oxidation sites excluding steroid dienone is 1. The topological polar surface area (TPSA) is 131 Å². The smallest absolute Gasteiger partial charge is 0.412 e. The van der Waals surface area contributed by atoms with Crippen molar-refractivity contribution < 1.29 is 38.8 Å². The summed E-state index contributed by atoms with van der Waals surface area (Å²) in [5.41, 5.74) is 1.40. The number of benzene rings is 2. The zero-order valence-electron chi connectivity index (χ0n) is 18.6. The Morgan fingerprint density at radius 3 is 2.33 bits per heavy atom. The van der Waals surface area contributed by atoms with Crippen LogP contribution < -0.4 is 10.1 Å². The zero-order chi connectivity index (χ0) is 24.4. The second-order valence-electron chi connectivity index (χ2n) is 7.11. The molecule has 2 atom stereocenters. The Morgan fingerprint density at radius 1 is 1.09 bits per heavy atom. The first-order chi connectivity index (χ1) is 15.7. The van der Waals surface area contributed by atoms with Gasteiger partial charge in [0, 0.05) is 24.4 Å². The Balaban J connectivity index is 2.23. The van der Waals surface area contributed by atoms with Gasteiger partial charge in [-0.1, -0.05) is 12.1 Å². The monoisotopic (exact) mass is 457 g/mol. The molecule has 0 heterocycles. The van der Waals surface area contributed by atoms with Gasteiger partial charge in [-0.15, -0.1) is 0 Å². The number of rotatable bonds is 11. The van der Waals surface area contributed by atoms with Gasteiger partial charge in [0.15, 0.2) is 23.4 Å². The molecule has 0 bridgehead atoms. The van der Waals surface area contributed by atoms with Crippen molar-refractivity contribution in [2.24, 2.45) is 0 Å². The van der Waals surface area contributed by atoms with Crippen molar-refractivity contribution >= 4 is 23.5 Å². The van der Waals surface area contributed by atoms with Gasteiger partial charge in [-0.05, 0) is 61.7 Å². The van der Waals surface area contributed by atoms with E-state index in [0.29, 0.717) is 29.7 Å². The summed E-state index contributed by atoms with van der Waals surface area (Å²) >= 11 is 0. The number of nitrogens with one attached hydrogen (secondary N) is 1. The summed E-state index contributed by atoms with van der Waals surface area (Å²) in [7, 11) is 2.87. The number of ether oxygens (including phenoxy) is 3. The fourth-order valence-electron chi connectivity index (χ4n) is 3.13. The molecule has 0 aliphatic carbocycles. The van der Waals surface area contributed by atoms with E-state index in [9.17, 15) is 19.5 Å². The molecule has 176 valence electrons. The minimum Gasteiger partial charge on any atom is -0.504 e. The minimum absolute atomic E-state index is 0.0941. The van der Waals surface area contributed by atoms with Crippen LogP contribution in [0, 0.1) is 0 Å². The van der Waals surface area contributed by atoms with Crippen LogP contribution in [-0.2, 0) is 14.3 Å². The number of carbonyl (C=O) groups is 3. The maximum absolute atomic E-state index is 12.6. The lowest BCUT2D eigenvalue weighted by atomic mass is 9.99. The van der Waals surface area contributed by atoms with E-state index in [1.54, 1.807) is 30.3 Å². The minimum atomic E-state index is -1.06. The van der Waals surface area contributed by atoms with Crippen LogP contribution >= 0.6 is 0 Å². The number of anilines is 1. The number of hydrogen-bond donors (Lipinski definition) is 3. The molecule has 0 aliphatic heterocycles. The van der Waals surface area contributed by atoms with E-state index in [1.807, 2.05) is 0 Å². The van der Waals surface area contributed by atoms with Crippen LogP contribution in [0.5, 0.6) is 11.5 Å². The molecule has 2 aromatic carbocycles. The summed E-state index contributed by atoms with van der Waals surface area (Å²) in [6.45, 7) is 1.45. The van der Waals surface area contributed by atoms with E-state index < -0.39 is 24.3 Å². The van der Waals surface area contributed by atoms with Crippen molar-refractivity contribution in [2.45, 2.75) is 32.0 Å². The molecule has 0 aromatic heterocycles. The number of carbonyl (C=O) groups excluding carboxylic acids is 2. The summed E-state index contributed by atoms with van der Waals surface area (Å²) in [6.07, 6.45) is 0.893. The molecule has 0 fully saturated rings. The number of Topliss-reactive ketones (excluding diaryl/α,β-unsaturated/α-hetero) is 1. The first-order valence-corrected chi connectivity index (χ1v) is 10.1. The van der Waals surface area contributed by atoms with E-state index in [2.05, 4.69) is 5.32 Å². The maximum Gasteiger partial charge on any atom is 0.412 e. The normalized spacial score (nSPS) is 12.7. The van der Waals surface area contributed by atoms with Crippen LogP contribution in [0.1, 0.15) is 41.8 Å². The molecule has 2 rings (SSSR count). The highest BCUT2D eigenvalue weighted by Crippen LogP contribution is 2.33.